The van der Waals surface area contributed by atoms with Crippen LogP contribution in [-0.4, -0.2) is 41.3 Å². The highest BCUT2D eigenvalue weighted by Crippen LogP contribution is 2.27. The van der Waals surface area contributed by atoms with Crippen molar-refractivity contribution in [1.29, 1.82) is 0 Å². The van der Waals surface area contributed by atoms with E-state index < -0.39 is 0 Å². The van der Waals surface area contributed by atoms with E-state index in [1.807, 2.05) is 37.2 Å². The van der Waals surface area contributed by atoms with Gasteiger partial charge in [-0.25, -0.2) is 4.98 Å². The average Bonchev–Trinajstić information content (AvgIpc) is 2.81. The minimum absolute atomic E-state index is 0.365. The Hall–Kier alpha value is -2.93. The van der Waals surface area contributed by atoms with Crippen LogP contribution in [0.2, 0.25) is 0 Å². The standard InChI is InChI=1S/C26H34N6S/c1-5-18-10-8-9-17(2)23(18)30-26(33)28-20-15-13-19(14-16-20)27-25-29-22-12-7-6-11-21(22)24(31-25)32(3)4/h6-12,19-20H,5,13-16H2,1-4H3,(H,27,29,31)(H2,28,30,33)/t19-,20+. The Morgan fingerprint density at radius 3 is 2.45 bits per heavy atom. The molecule has 0 saturated heterocycles. The summed E-state index contributed by atoms with van der Waals surface area (Å²) in [4.78, 5) is 11.6. The molecule has 6 nitrogen and oxygen atoms in total. The van der Waals surface area contributed by atoms with Crippen LogP contribution in [0.15, 0.2) is 42.5 Å². The van der Waals surface area contributed by atoms with Gasteiger partial charge in [-0.2, -0.15) is 4.98 Å². The van der Waals surface area contributed by atoms with Crippen molar-refractivity contribution in [3.05, 3.63) is 53.6 Å². The van der Waals surface area contributed by atoms with Gasteiger partial charge in [-0.3, -0.25) is 0 Å². The molecule has 0 aliphatic heterocycles. The van der Waals surface area contributed by atoms with Gasteiger partial charge in [0.2, 0.25) is 5.95 Å². The van der Waals surface area contributed by atoms with Gasteiger partial charge in [0.25, 0.3) is 0 Å². The van der Waals surface area contributed by atoms with E-state index in [1.165, 1.54) is 11.1 Å². The highest BCUT2D eigenvalue weighted by atomic mass is 32.1. The Bertz CT molecular complexity index is 1120. The molecule has 1 aliphatic rings. The maximum atomic E-state index is 5.64. The van der Waals surface area contributed by atoms with Crippen molar-refractivity contribution in [2.24, 2.45) is 0 Å². The second-order valence-corrected chi connectivity index (χ2v) is 9.44. The molecule has 33 heavy (non-hydrogen) atoms. The molecule has 0 unspecified atom stereocenters. The summed E-state index contributed by atoms with van der Waals surface area (Å²) in [5.74, 6) is 1.65. The molecule has 7 heteroatoms. The number of rotatable bonds is 6. The largest absolute Gasteiger partial charge is 0.362 e. The summed E-state index contributed by atoms with van der Waals surface area (Å²) in [6.07, 6.45) is 5.20. The van der Waals surface area contributed by atoms with E-state index >= 15 is 0 Å². The number of nitrogens with zero attached hydrogens (tertiary/aromatic N) is 3. The summed E-state index contributed by atoms with van der Waals surface area (Å²) in [5, 5.41) is 12.3. The van der Waals surface area contributed by atoms with Crippen molar-refractivity contribution in [1.82, 2.24) is 15.3 Å². The number of benzene rings is 2. The van der Waals surface area contributed by atoms with Gasteiger partial charge < -0.3 is 20.9 Å². The summed E-state index contributed by atoms with van der Waals surface area (Å²) in [7, 11) is 4.04. The molecule has 2 aromatic carbocycles. The predicted octanol–water partition coefficient (Wildman–Crippen LogP) is 5.28. The van der Waals surface area contributed by atoms with Crippen molar-refractivity contribution in [3.63, 3.8) is 0 Å². The van der Waals surface area contributed by atoms with Crippen LogP contribution >= 0.6 is 12.2 Å². The second-order valence-electron chi connectivity index (χ2n) is 9.04. The number of fused-ring (bicyclic) bond motifs is 1. The van der Waals surface area contributed by atoms with Crippen molar-refractivity contribution in [3.8, 4) is 0 Å². The molecule has 1 fully saturated rings. The van der Waals surface area contributed by atoms with Crippen molar-refractivity contribution in [2.45, 2.75) is 58.0 Å². The zero-order valence-electron chi connectivity index (χ0n) is 20.0. The predicted molar refractivity (Wildman–Crippen MR) is 143 cm³/mol. The van der Waals surface area contributed by atoms with E-state index in [0.29, 0.717) is 23.1 Å². The molecule has 0 bridgehead atoms. The first-order chi connectivity index (χ1) is 15.9. The number of anilines is 3. The number of nitrogens with one attached hydrogen (secondary N) is 3. The van der Waals surface area contributed by atoms with Crippen LogP contribution in [0, 0.1) is 6.92 Å². The molecule has 0 radical (unpaired) electrons. The van der Waals surface area contributed by atoms with Crippen LogP contribution in [0.3, 0.4) is 0 Å². The Morgan fingerprint density at radius 1 is 1.00 bits per heavy atom. The Kier molecular flexibility index (Phi) is 7.28. The molecule has 1 saturated carbocycles. The molecule has 0 spiro atoms. The number of hydrogen-bond acceptors (Lipinski definition) is 5. The lowest BCUT2D eigenvalue weighted by Crippen LogP contribution is -2.42. The smallest absolute Gasteiger partial charge is 0.225 e. The fraction of sp³-hybridized carbons (Fsp3) is 0.423. The van der Waals surface area contributed by atoms with Gasteiger partial charge in [0.05, 0.1) is 5.52 Å². The van der Waals surface area contributed by atoms with E-state index in [0.717, 1.165) is 54.5 Å². The van der Waals surface area contributed by atoms with E-state index in [9.17, 15) is 0 Å². The normalized spacial score (nSPS) is 18.1. The number of aromatic nitrogens is 2. The average molecular weight is 463 g/mol. The van der Waals surface area contributed by atoms with E-state index in [-0.39, 0.29) is 0 Å². The molecule has 0 amide bonds. The van der Waals surface area contributed by atoms with Gasteiger partial charge in [0.15, 0.2) is 5.11 Å². The van der Waals surface area contributed by atoms with Crippen LogP contribution in [0.5, 0.6) is 0 Å². The summed E-state index contributed by atoms with van der Waals surface area (Å²) < 4.78 is 0. The first-order valence-corrected chi connectivity index (χ1v) is 12.2. The lowest BCUT2D eigenvalue weighted by atomic mass is 9.91. The maximum absolute atomic E-state index is 5.64. The van der Waals surface area contributed by atoms with Crippen LogP contribution in [-0.2, 0) is 6.42 Å². The lowest BCUT2D eigenvalue weighted by molar-refractivity contribution is 0.387. The first kappa shape index (κ1) is 23.2. The number of aryl methyl sites for hydroxylation is 2. The zero-order valence-corrected chi connectivity index (χ0v) is 20.8. The summed E-state index contributed by atoms with van der Waals surface area (Å²) in [5.41, 5.74) is 4.62. The molecule has 1 aliphatic carbocycles. The molecule has 1 heterocycles. The molecule has 174 valence electrons. The van der Waals surface area contributed by atoms with E-state index in [2.05, 4.69) is 54.1 Å². The van der Waals surface area contributed by atoms with Crippen LogP contribution < -0.4 is 20.9 Å². The number of hydrogen-bond donors (Lipinski definition) is 3. The lowest BCUT2D eigenvalue weighted by Gasteiger charge is -2.31. The van der Waals surface area contributed by atoms with Gasteiger partial charge in [-0.05, 0) is 74.5 Å². The number of para-hydroxylation sites is 2. The van der Waals surface area contributed by atoms with Gasteiger partial charge >= 0.3 is 0 Å². The fourth-order valence-corrected chi connectivity index (χ4v) is 4.84. The third-order valence-electron chi connectivity index (χ3n) is 6.38. The zero-order chi connectivity index (χ0) is 23.4. The van der Waals surface area contributed by atoms with Gasteiger partial charge in [-0.1, -0.05) is 37.3 Å². The highest BCUT2D eigenvalue weighted by Gasteiger charge is 2.23. The minimum atomic E-state index is 0.365. The third kappa shape index (κ3) is 5.53. The molecule has 3 N–H and O–H groups in total. The van der Waals surface area contributed by atoms with Crippen molar-refractivity contribution >= 4 is 45.7 Å². The summed E-state index contributed by atoms with van der Waals surface area (Å²) in [6.45, 7) is 4.29. The molecule has 3 aromatic rings. The topological polar surface area (TPSA) is 65.1 Å². The monoisotopic (exact) mass is 462 g/mol. The highest BCUT2D eigenvalue weighted by molar-refractivity contribution is 7.80. The first-order valence-electron chi connectivity index (χ1n) is 11.8. The van der Waals surface area contributed by atoms with Crippen LogP contribution in [0.25, 0.3) is 10.9 Å². The maximum Gasteiger partial charge on any atom is 0.225 e. The second kappa shape index (κ2) is 10.3. The van der Waals surface area contributed by atoms with E-state index in [4.69, 9.17) is 22.2 Å². The molecular formula is C26H34N6S. The minimum Gasteiger partial charge on any atom is -0.362 e. The van der Waals surface area contributed by atoms with Crippen molar-refractivity contribution in [2.75, 3.05) is 29.6 Å². The van der Waals surface area contributed by atoms with E-state index in [1.54, 1.807) is 0 Å². The van der Waals surface area contributed by atoms with Gasteiger partial charge in [0.1, 0.15) is 5.82 Å². The van der Waals surface area contributed by atoms with Gasteiger partial charge in [-0.15, -0.1) is 0 Å². The number of thiocarbonyl (C=S) groups is 1. The summed E-state index contributed by atoms with van der Waals surface area (Å²) >= 11 is 5.64. The van der Waals surface area contributed by atoms with Gasteiger partial charge in [0, 0.05) is 37.3 Å². The van der Waals surface area contributed by atoms with Crippen LogP contribution in [0.4, 0.5) is 17.5 Å². The molecule has 1 aromatic heterocycles. The Morgan fingerprint density at radius 2 is 1.73 bits per heavy atom. The fourth-order valence-electron chi connectivity index (χ4n) is 4.57. The molecule has 4 rings (SSSR count). The van der Waals surface area contributed by atoms with Crippen molar-refractivity contribution < 1.29 is 0 Å². The Labute approximate surface area is 202 Å². The Balaban J connectivity index is 1.34. The van der Waals surface area contributed by atoms with Crippen LogP contribution in [0.1, 0.15) is 43.7 Å². The summed E-state index contributed by atoms with van der Waals surface area (Å²) in [6, 6.07) is 15.3. The third-order valence-corrected chi connectivity index (χ3v) is 6.60. The quantitative estimate of drug-likeness (QED) is 0.431. The molecular weight excluding hydrogens is 428 g/mol. The molecule has 0 atom stereocenters. The SMILES string of the molecule is CCc1cccc(C)c1NC(=S)N[C@H]1CC[C@@H](Nc2nc(N(C)C)c3ccccc3n2)CC1.